The van der Waals surface area contributed by atoms with Crippen molar-refractivity contribution in [3.63, 3.8) is 0 Å². The Hall–Kier alpha value is -2.77. The van der Waals surface area contributed by atoms with Gasteiger partial charge in [0.1, 0.15) is 11.6 Å². The molecule has 1 fully saturated rings. The molecule has 1 atom stereocenters. The Morgan fingerprint density at radius 3 is 2.83 bits per heavy atom. The number of aliphatic carboxylic acids is 1. The summed E-state index contributed by atoms with van der Waals surface area (Å²) >= 11 is 0. The fourth-order valence-corrected chi connectivity index (χ4v) is 3.00. The van der Waals surface area contributed by atoms with Crippen LogP contribution in [0.2, 0.25) is 0 Å². The number of aromatic nitrogens is 3. The molecule has 0 radical (unpaired) electrons. The number of benzene rings is 1. The first-order valence-corrected chi connectivity index (χ1v) is 7.93. The molecule has 8 heteroatoms. The first-order chi connectivity index (χ1) is 11.6. The number of carboxylic acid groups (broad SMARTS) is 1. The maximum atomic E-state index is 12.4. The Labute approximate surface area is 137 Å². The number of carbonyl (C=O) groups is 2. The minimum absolute atomic E-state index is 0.0245. The SMILES string of the molecule is O=C(O)C1CCCCN1C(=O)CCn1nnc2ccccc2c1=O. The monoisotopic (exact) mass is 330 g/mol. The van der Waals surface area contributed by atoms with Crippen LogP contribution in [-0.4, -0.2) is 49.5 Å². The molecular formula is C16H18N4O4. The fraction of sp³-hybridized carbons (Fsp3) is 0.438. The zero-order valence-corrected chi connectivity index (χ0v) is 13.1. The number of carbonyl (C=O) groups excluding carboxylic acids is 1. The van der Waals surface area contributed by atoms with E-state index in [2.05, 4.69) is 10.3 Å². The summed E-state index contributed by atoms with van der Waals surface area (Å²) < 4.78 is 1.15. The molecule has 1 N–H and O–H groups in total. The zero-order chi connectivity index (χ0) is 17.1. The second-order valence-corrected chi connectivity index (χ2v) is 5.82. The van der Waals surface area contributed by atoms with Crippen molar-refractivity contribution >= 4 is 22.8 Å². The molecule has 1 aromatic heterocycles. The number of hydrogen-bond donors (Lipinski definition) is 1. The maximum absolute atomic E-state index is 12.4. The number of rotatable bonds is 4. The molecule has 2 heterocycles. The quantitative estimate of drug-likeness (QED) is 0.882. The van der Waals surface area contributed by atoms with Crippen LogP contribution in [0.15, 0.2) is 29.1 Å². The predicted octanol–water partition coefficient (Wildman–Crippen LogP) is 0.647. The minimum atomic E-state index is -0.981. The molecular weight excluding hydrogens is 312 g/mol. The molecule has 1 aromatic carbocycles. The maximum Gasteiger partial charge on any atom is 0.326 e. The van der Waals surface area contributed by atoms with Crippen molar-refractivity contribution in [1.82, 2.24) is 19.9 Å². The van der Waals surface area contributed by atoms with Gasteiger partial charge in [-0.2, -0.15) is 0 Å². The third-order valence-corrected chi connectivity index (χ3v) is 4.27. The van der Waals surface area contributed by atoms with Crippen LogP contribution in [0.4, 0.5) is 0 Å². The van der Waals surface area contributed by atoms with Crippen LogP contribution < -0.4 is 5.56 Å². The molecule has 126 valence electrons. The van der Waals surface area contributed by atoms with Crippen LogP contribution in [0.3, 0.4) is 0 Å². The highest BCUT2D eigenvalue weighted by molar-refractivity contribution is 5.84. The predicted molar refractivity (Wildman–Crippen MR) is 85.4 cm³/mol. The second kappa shape index (κ2) is 6.77. The number of fused-ring (bicyclic) bond motifs is 1. The Morgan fingerprint density at radius 1 is 1.25 bits per heavy atom. The Kier molecular flexibility index (Phi) is 4.54. The van der Waals surface area contributed by atoms with E-state index in [1.54, 1.807) is 24.3 Å². The summed E-state index contributed by atoms with van der Waals surface area (Å²) in [5.41, 5.74) is 0.203. The van der Waals surface area contributed by atoms with Gasteiger partial charge in [0.15, 0.2) is 0 Å². The van der Waals surface area contributed by atoms with Crippen LogP contribution in [0.1, 0.15) is 25.7 Å². The Morgan fingerprint density at radius 2 is 2.04 bits per heavy atom. The van der Waals surface area contributed by atoms with E-state index >= 15 is 0 Å². The summed E-state index contributed by atoms with van der Waals surface area (Å²) in [4.78, 5) is 37.4. The van der Waals surface area contributed by atoms with Crippen molar-refractivity contribution in [2.45, 2.75) is 38.3 Å². The van der Waals surface area contributed by atoms with Crippen LogP contribution in [0.5, 0.6) is 0 Å². The normalized spacial score (nSPS) is 17.8. The largest absolute Gasteiger partial charge is 0.480 e. The van der Waals surface area contributed by atoms with Gasteiger partial charge in [-0.25, -0.2) is 9.48 Å². The average Bonchev–Trinajstić information content (AvgIpc) is 2.61. The van der Waals surface area contributed by atoms with Crippen molar-refractivity contribution in [1.29, 1.82) is 0 Å². The topological polar surface area (TPSA) is 105 Å². The van der Waals surface area contributed by atoms with Crippen molar-refractivity contribution in [2.24, 2.45) is 0 Å². The van der Waals surface area contributed by atoms with E-state index in [1.165, 1.54) is 4.90 Å². The lowest BCUT2D eigenvalue weighted by atomic mass is 10.0. The number of hydrogen-bond acceptors (Lipinski definition) is 5. The number of amides is 1. The zero-order valence-electron chi connectivity index (χ0n) is 13.1. The van der Waals surface area contributed by atoms with Gasteiger partial charge in [0.2, 0.25) is 5.91 Å². The van der Waals surface area contributed by atoms with Gasteiger partial charge in [-0.1, -0.05) is 17.3 Å². The van der Waals surface area contributed by atoms with Gasteiger partial charge in [0, 0.05) is 13.0 Å². The first-order valence-electron chi connectivity index (χ1n) is 7.93. The molecule has 3 rings (SSSR count). The number of piperidine rings is 1. The average molecular weight is 330 g/mol. The molecule has 0 aliphatic carbocycles. The van der Waals surface area contributed by atoms with E-state index in [9.17, 15) is 19.5 Å². The van der Waals surface area contributed by atoms with Gasteiger partial charge in [-0.05, 0) is 31.4 Å². The van der Waals surface area contributed by atoms with Crippen molar-refractivity contribution in [3.8, 4) is 0 Å². The Balaban J connectivity index is 1.73. The summed E-state index contributed by atoms with van der Waals surface area (Å²) in [5.74, 6) is -1.25. The third kappa shape index (κ3) is 3.12. The smallest absolute Gasteiger partial charge is 0.326 e. The van der Waals surface area contributed by atoms with Gasteiger partial charge in [-0.3, -0.25) is 9.59 Å². The minimum Gasteiger partial charge on any atom is -0.480 e. The van der Waals surface area contributed by atoms with Gasteiger partial charge >= 0.3 is 5.97 Å². The van der Waals surface area contributed by atoms with Crippen LogP contribution in [0, 0.1) is 0 Å². The number of likely N-dealkylation sites (tertiary alicyclic amines) is 1. The van der Waals surface area contributed by atoms with E-state index in [0.717, 1.165) is 17.5 Å². The summed E-state index contributed by atoms with van der Waals surface area (Å²) in [6, 6.07) is 6.10. The molecule has 2 aromatic rings. The van der Waals surface area contributed by atoms with Crippen LogP contribution in [0.25, 0.3) is 10.9 Å². The van der Waals surface area contributed by atoms with E-state index in [1.807, 2.05) is 0 Å². The first kappa shape index (κ1) is 16.1. The third-order valence-electron chi connectivity index (χ3n) is 4.27. The van der Waals surface area contributed by atoms with Gasteiger partial charge < -0.3 is 10.0 Å². The second-order valence-electron chi connectivity index (χ2n) is 5.82. The standard InChI is InChI=1S/C16H18N4O4/c21-14(19-9-4-3-7-13(19)16(23)24)8-10-20-15(22)11-5-1-2-6-12(11)17-18-20/h1-2,5-6,13H,3-4,7-10H2,(H,23,24). The molecule has 0 bridgehead atoms. The lowest BCUT2D eigenvalue weighted by Crippen LogP contribution is -2.48. The van der Waals surface area contributed by atoms with Gasteiger partial charge in [0.25, 0.3) is 5.56 Å². The highest BCUT2D eigenvalue weighted by atomic mass is 16.4. The number of aryl methyl sites for hydroxylation is 1. The van der Waals surface area contributed by atoms with Crippen molar-refractivity contribution < 1.29 is 14.7 Å². The fourth-order valence-electron chi connectivity index (χ4n) is 3.00. The molecule has 0 saturated carbocycles. The molecule has 24 heavy (non-hydrogen) atoms. The molecule has 1 aliphatic rings. The van der Waals surface area contributed by atoms with E-state index < -0.39 is 12.0 Å². The number of nitrogens with zero attached hydrogens (tertiary/aromatic N) is 4. The number of carboxylic acids is 1. The highest BCUT2D eigenvalue weighted by Gasteiger charge is 2.31. The lowest BCUT2D eigenvalue weighted by molar-refractivity contribution is -0.152. The van der Waals surface area contributed by atoms with Crippen molar-refractivity contribution in [3.05, 3.63) is 34.6 Å². The lowest BCUT2D eigenvalue weighted by Gasteiger charge is -2.33. The van der Waals surface area contributed by atoms with Gasteiger partial charge in [-0.15, -0.1) is 5.10 Å². The van der Waals surface area contributed by atoms with E-state index in [-0.39, 0.29) is 24.4 Å². The molecule has 0 spiro atoms. The molecule has 8 nitrogen and oxygen atoms in total. The summed E-state index contributed by atoms with van der Waals surface area (Å²) in [6.45, 7) is 0.520. The summed E-state index contributed by atoms with van der Waals surface area (Å²) in [5, 5.41) is 17.5. The molecule has 1 amide bonds. The van der Waals surface area contributed by atoms with Gasteiger partial charge in [0.05, 0.1) is 11.9 Å². The molecule has 1 unspecified atom stereocenters. The molecule has 1 saturated heterocycles. The highest BCUT2D eigenvalue weighted by Crippen LogP contribution is 2.18. The van der Waals surface area contributed by atoms with Crippen LogP contribution in [-0.2, 0) is 16.1 Å². The Bertz CT molecular complexity index is 832. The van der Waals surface area contributed by atoms with Crippen LogP contribution >= 0.6 is 0 Å². The van der Waals surface area contributed by atoms with Crippen molar-refractivity contribution in [2.75, 3.05) is 6.54 Å². The van der Waals surface area contributed by atoms with E-state index in [0.29, 0.717) is 23.9 Å². The van der Waals surface area contributed by atoms with E-state index in [4.69, 9.17) is 0 Å². The summed E-state index contributed by atoms with van der Waals surface area (Å²) in [7, 11) is 0. The summed E-state index contributed by atoms with van der Waals surface area (Å²) in [6.07, 6.45) is 2.09. The molecule has 1 aliphatic heterocycles.